The lowest BCUT2D eigenvalue weighted by Crippen LogP contribution is -2.21. The van der Waals surface area contributed by atoms with Crippen LogP contribution in [-0.2, 0) is 4.79 Å². The highest BCUT2D eigenvalue weighted by Gasteiger charge is 2.13. The van der Waals surface area contributed by atoms with E-state index in [1.165, 1.54) is 0 Å². The summed E-state index contributed by atoms with van der Waals surface area (Å²) in [4.78, 5) is 10.4. The Morgan fingerprint density at radius 2 is 2.18 bits per heavy atom. The van der Waals surface area contributed by atoms with Gasteiger partial charge >= 0.3 is 5.97 Å². The number of carboxylic acids is 1. The molecular formula is C13H16N2O2. The van der Waals surface area contributed by atoms with Crippen molar-refractivity contribution in [1.82, 2.24) is 5.32 Å². The highest BCUT2D eigenvalue weighted by atomic mass is 16.4. The average molecular weight is 232 g/mol. The zero-order valence-electron chi connectivity index (χ0n) is 9.52. The molecule has 1 atom stereocenters. The Bertz CT molecular complexity index is 406. The summed E-state index contributed by atoms with van der Waals surface area (Å²) in [6.07, 6.45) is 3.87. The Balaban J connectivity index is 1.95. The number of hydrogen-bond acceptors (Lipinski definition) is 3. The van der Waals surface area contributed by atoms with Crippen LogP contribution >= 0.6 is 0 Å². The molecule has 1 aromatic carbocycles. The molecule has 1 aliphatic rings. The lowest BCUT2D eigenvalue weighted by atomic mass is 10.1. The van der Waals surface area contributed by atoms with Crippen LogP contribution in [0.2, 0.25) is 0 Å². The third kappa shape index (κ3) is 3.60. The molecule has 1 aromatic rings. The highest BCUT2D eigenvalue weighted by molar-refractivity contribution is 5.85. The van der Waals surface area contributed by atoms with Gasteiger partial charge < -0.3 is 15.7 Å². The second-order valence-electron chi connectivity index (χ2n) is 4.13. The fourth-order valence-corrected chi connectivity index (χ4v) is 1.87. The summed E-state index contributed by atoms with van der Waals surface area (Å²) in [5, 5.41) is 15.2. The van der Waals surface area contributed by atoms with Crippen LogP contribution in [0.25, 0.3) is 6.08 Å². The van der Waals surface area contributed by atoms with E-state index in [2.05, 4.69) is 10.6 Å². The lowest BCUT2D eigenvalue weighted by molar-refractivity contribution is -0.131. The van der Waals surface area contributed by atoms with Crippen molar-refractivity contribution in [3.8, 4) is 0 Å². The van der Waals surface area contributed by atoms with Gasteiger partial charge in [-0.05, 0) is 36.7 Å². The minimum Gasteiger partial charge on any atom is -0.478 e. The molecular weight excluding hydrogens is 216 g/mol. The fraction of sp³-hybridized carbons (Fsp3) is 0.308. The van der Waals surface area contributed by atoms with Gasteiger partial charge in [-0.25, -0.2) is 4.79 Å². The molecule has 0 bridgehead atoms. The Kier molecular flexibility index (Phi) is 3.77. The number of benzene rings is 1. The molecule has 4 nitrogen and oxygen atoms in total. The quantitative estimate of drug-likeness (QED) is 0.689. The largest absolute Gasteiger partial charge is 0.478 e. The van der Waals surface area contributed by atoms with Gasteiger partial charge in [0.15, 0.2) is 0 Å². The van der Waals surface area contributed by atoms with E-state index in [0.717, 1.165) is 36.8 Å². The van der Waals surface area contributed by atoms with Crippen molar-refractivity contribution in [2.45, 2.75) is 12.5 Å². The molecule has 1 aliphatic heterocycles. The first-order valence-corrected chi connectivity index (χ1v) is 5.72. The second kappa shape index (κ2) is 5.50. The summed E-state index contributed by atoms with van der Waals surface area (Å²) in [6.45, 7) is 2.07. The smallest absolute Gasteiger partial charge is 0.328 e. The molecule has 2 rings (SSSR count). The summed E-state index contributed by atoms with van der Waals surface area (Å²) in [6, 6.07) is 8.25. The van der Waals surface area contributed by atoms with E-state index < -0.39 is 5.97 Å². The van der Waals surface area contributed by atoms with Crippen LogP contribution in [0, 0.1) is 0 Å². The first-order chi connectivity index (χ1) is 8.24. The monoisotopic (exact) mass is 232 g/mol. The number of carbonyl (C=O) groups is 1. The van der Waals surface area contributed by atoms with Crippen molar-refractivity contribution < 1.29 is 9.90 Å². The first kappa shape index (κ1) is 11.7. The highest BCUT2D eigenvalue weighted by Crippen LogP contribution is 2.13. The standard InChI is InChI=1S/C13H16N2O2/c16-13(17)6-3-10-1-4-11(5-2-10)15-12-7-8-14-9-12/h1-6,12,14-15H,7-9H2,(H,16,17)/b6-3+/t12-/m1/s1. The second-order valence-corrected chi connectivity index (χ2v) is 4.13. The van der Waals surface area contributed by atoms with Gasteiger partial charge in [-0.3, -0.25) is 0 Å². The molecule has 1 fully saturated rings. The van der Waals surface area contributed by atoms with Crippen molar-refractivity contribution in [3.63, 3.8) is 0 Å². The van der Waals surface area contributed by atoms with Crippen LogP contribution in [0.4, 0.5) is 5.69 Å². The van der Waals surface area contributed by atoms with E-state index in [0.29, 0.717) is 6.04 Å². The van der Waals surface area contributed by atoms with Gasteiger partial charge in [-0.15, -0.1) is 0 Å². The van der Waals surface area contributed by atoms with E-state index in [-0.39, 0.29) is 0 Å². The molecule has 3 N–H and O–H groups in total. The van der Waals surface area contributed by atoms with Crippen LogP contribution < -0.4 is 10.6 Å². The van der Waals surface area contributed by atoms with Crippen molar-refractivity contribution in [1.29, 1.82) is 0 Å². The minimum absolute atomic E-state index is 0.496. The molecule has 1 heterocycles. The maximum absolute atomic E-state index is 10.4. The molecule has 0 aromatic heterocycles. The van der Waals surface area contributed by atoms with Crippen LogP contribution in [0.3, 0.4) is 0 Å². The number of hydrogen-bond donors (Lipinski definition) is 3. The van der Waals surface area contributed by atoms with Gasteiger partial charge in [-0.1, -0.05) is 12.1 Å². The maximum atomic E-state index is 10.4. The molecule has 17 heavy (non-hydrogen) atoms. The van der Waals surface area contributed by atoms with Gasteiger partial charge in [-0.2, -0.15) is 0 Å². The molecule has 0 radical (unpaired) electrons. The third-order valence-corrected chi connectivity index (χ3v) is 2.76. The van der Waals surface area contributed by atoms with Gasteiger partial charge in [0.2, 0.25) is 0 Å². The summed E-state index contributed by atoms with van der Waals surface area (Å²) in [5.74, 6) is -0.927. The summed E-state index contributed by atoms with van der Waals surface area (Å²) < 4.78 is 0. The van der Waals surface area contributed by atoms with E-state index in [9.17, 15) is 4.79 Å². The van der Waals surface area contributed by atoms with E-state index in [1.807, 2.05) is 24.3 Å². The third-order valence-electron chi connectivity index (χ3n) is 2.76. The molecule has 0 aliphatic carbocycles. The zero-order chi connectivity index (χ0) is 12.1. The van der Waals surface area contributed by atoms with E-state index in [1.54, 1.807) is 6.08 Å². The zero-order valence-corrected chi connectivity index (χ0v) is 9.52. The maximum Gasteiger partial charge on any atom is 0.328 e. The van der Waals surface area contributed by atoms with Crippen molar-refractivity contribution >= 4 is 17.7 Å². The summed E-state index contributed by atoms with van der Waals surface area (Å²) >= 11 is 0. The Hall–Kier alpha value is -1.81. The van der Waals surface area contributed by atoms with E-state index in [4.69, 9.17) is 5.11 Å². The topological polar surface area (TPSA) is 61.4 Å². The molecule has 4 heteroatoms. The van der Waals surface area contributed by atoms with Gasteiger partial charge in [0, 0.05) is 24.4 Å². The summed E-state index contributed by atoms with van der Waals surface area (Å²) in [5.41, 5.74) is 1.97. The minimum atomic E-state index is -0.927. The normalized spacial score (nSPS) is 19.6. The Labute approximate surface area is 100 Å². The van der Waals surface area contributed by atoms with Crippen LogP contribution in [-0.4, -0.2) is 30.2 Å². The van der Waals surface area contributed by atoms with Crippen molar-refractivity contribution in [2.24, 2.45) is 0 Å². The van der Waals surface area contributed by atoms with Gasteiger partial charge in [0.1, 0.15) is 0 Å². The molecule has 0 unspecified atom stereocenters. The van der Waals surface area contributed by atoms with Gasteiger partial charge in [0.25, 0.3) is 0 Å². The Morgan fingerprint density at radius 3 is 2.76 bits per heavy atom. The molecule has 0 amide bonds. The fourth-order valence-electron chi connectivity index (χ4n) is 1.87. The number of rotatable bonds is 4. The number of nitrogens with one attached hydrogen (secondary N) is 2. The first-order valence-electron chi connectivity index (χ1n) is 5.72. The lowest BCUT2D eigenvalue weighted by Gasteiger charge is -2.12. The van der Waals surface area contributed by atoms with Crippen LogP contribution in [0.15, 0.2) is 30.3 Å². The van der Waals surface area contributed by atoms with Crippen molar-refractivity contribution in [2.75, 3.05) is 18.4 Å². The molecule has 90 valence electrons. The summed E-state index contributed by atoms with van der Waals surface area (Å²) in [7, 11) is 0. The molecule has 0 saturated carbocycles. The number of anilines is 1. The number of aliphatic carboxylic acids is 1. The predicted molar refractivity (Wildman–Crippen MR) is 68.0 cm³/mol. The van der Waals surface area contributed by atoms with Crippen molar-refractivity contribution in [3.05, 3.63) is 35.9 Å². The van der Waals surface area contributed by atoms with Crippen LogP contribution in [0.1, 0.15) is 12.0 Å². The van der Waals surface area contributed by atoms with E-state index >= 15 is 0 Å². The molecule has 1 saturated heterocycles. The number of carboxylic acid groups (broad SMARTS) is 1. The average Bonchev–Trinajstić information content (AvgIpc) is 2.81. The predicted octanol–water partition coefficient (Wildman–Crippen LogP) is 1.56. The molecule has 0 spiro atoms. The van der Waals surface area contributed by atoms with Gasteiger partial charge in [0.05, 0.1) is 0 Å². The van der Waals surface area contributed by atoms with Crippen LogP contribution in [0.5, 0.6) is 0 Å². The Morgan fingerprint density at radius 1 is 1.41 bits per heavy atom. The SMILES string of the molecule is O=C(O)/C=C/c1ccc(N[C@@H]2CCNC2)cc1.